The number of hydrogen-bond donors (Lipinski definition) is 0. The van der Waals surface area contributed by atoms with E-state index < -0.39 is 0 Å². The van der Waals surface area contributed by atoms with Crippen molar-refractivity contribution in [2.24, 2.45) is 5.92 Å². The molecule has 0 aromatic rings. The number of hydrogen-bond acceptors (Lipinski definition) is 2. The Bertz CT molecular complexity index is 321. The Balaban J connectivity index is 3.01. The molecular formula is C16H26OS. The summed E-state index contributed by atoms with van der Waals surface area (Å²) in [5, 5.41) is 0. The van der Waals surface area contributed by atoms with Gasteiger partial charge in [-0.1, -0.05) is 44.6 Å². The first-order valence-electron chi connectivity index (χ1n) is 6.81. The zero-order chi connectivity index (χ0) is 13.6. The van der Waals surface area contributed by atoms with Gasteiger partial charge in [-0.05, 0) is 25.5 Å². The third-order valence-electron chi connectivity index (χ3n) is 3.70. The van der Waals surface area contributed by atoms with Crippen molar-refractivity contribution in [3.63, 3.8) is 0 Å². The molecule has 0 aromatic heterocycles. The minimum Gasteiger partial charge on any atom is -0.365 e. The van der Waals surface area contributed by atoms with Crippen LogP contribution in [0, 0.1) is 5.92 Å². The molecule has 1 aliphatic carbocycles. The van der Waals surface area contributed by atoms with E-state index in [2.05, 4.69) is 33.6 Å². The highest BCUT2D eigenvalue weighted by atomic mass is 32.2. The molecule has 0 radical (unpaired) electrons. The van der Waals surface area contributed by atoms with Crippen LogP contribution in [0.25, 0.3) is 0 Å². The van der Waals surface area contributed by atoms with Crippen LogP contribution in [0.3, 0.4) is 0 Å². The van der Waals surface area contributed by atoms with Gasteiger partial charge < -0.3 is 4.74 Å². The fourth-order valence-corrected chi connectivity index (χ4v) is 3.77. The van der Waals surface area contributed by atoms with Gasteiger partial charge >= 0.3 is 0 Å². The van der Waals surface area contributed by atoms with Crippen LogP contribution in [-0.2, 0) is 4.74 Å². The van der Waals surface area contributed by atoms with Crippen molar-refractivity contribution in [2.75, 3.05) is 12.4 Å². The Labute approximate surface area is 116 Å². The van der Waals surface area contributed by atoms with Gasteiger partial charge in [0.15, 0.2) is 0 Å². The minimum absolute atomic E-state index is 0.223. The van der Waals surface area contributed by atoms with Gasteiger partial charge in [-0.15, -0.1) is 18.3 Å². The average molecular weight is 266 g/mol. The molecule has 1 nitrogen and oxygen atoms in total. The first-order valence-corrected chi connectivity index (χ1v) is 7.79. The summed E-state index contributed by atoms with van der Waals surface area (Å²) < 4.78 is 6.21. The van der Waals surface area contributed by atoms with Gasteiger partial charge in [0.25, 0.3) is 0 Å². The second-order valence-corrected chi connectivity index (χ2v) is 6.35. The molecule has 1 saturated carbocycles. The van der Waals surface area contributed by atoms with Gasteiger partial charge in [-0.25, -0.2) is 0 Å². The third-order valence-corrected chi connectivity index (χ3v) is 4.68. The maximum absolute atomic E-state index is 6.21. The maximum atomic E-state index is 6.21. The Hall–Kier alpha value is -0.470. The van der Waals surface area contributed by atoms with Crippen LogP contribution >= 0.6 is 11.8 Å². The SMILES string of the molecule is C=CCOC1(C(=C)SCC)CCCCC1C(=C)C. The molecule has 1 fully saturated rings. The smallest absolute Gasteiger partial charge is 0.105 e. The zero-order valence-corrected chi connectivity index (χ0v) is 12.7. The van der Waals surface area contributed by atoms with Crippen molar-refractivity contribution in [1.82, 2.24) is 0 Å². The number of thioether (sulfide) groups is 1. The molecule has 18 heavy (non-hydrogen) atoms. The highest BCUT2D eigenvalue weighted by Gasteiger charge is 2.44. The van der Waals surface area contributed by atoms with E-state index in [0.29, 0.717) is 12.5 Å². The lowest BCUT2D eigenvalue weighted by atomic mass is 9.72. The van der Waals surface area contributed by atoms with Crippen LogP contribution in [0.4, 0.5) is 0 Å². The lowest BCUT2D eigenvalue weighted by Crippen LogP contribution is -2.44. The molecule has 0 spiro atoms. The van der Waals surface area contributed by atoms with E-state index in [1.165, 1.54) is 23.3 Å². The average Bonchev–Trinajstić information content (AvgIpc) is 2.36. The van der Waals surface area contributed by atoms with Gasteiger partial charge in [0.05, 0.1) is 6.61 Å². The Morgan fingerprint density at radius 2 is 2.17 bits per heavy atom. The van der Waals surface area contributed by atoms with Crippen molar-refractivity contribution in [3.05, 3.63) is 36.3 Å². The van der Waals surface area contributed by atoms with Crippen molar-refractivity contribution in [1.29, 1.82) is 0 Å². The normalized spacial score (nSPS) is 27.8. The first kappa shape index (κ1) is 15.6. The van der Waals surface area contributed by atoms with Crippen LogP contribution in [0.2, 0.25) is 0 Å². The molecule has 0 N–H and O–H groups in total. The summed E-state index contributed by atoms with van der Waals surface area (Å²) in [4.78, 5) is 1.17. The lowest BCUT2D eigenvalue weighted by molar-refractivity contribution is -0.0517. The molecule has 1 rings (SSSR count). The summed E-state index contributed by atoms with van der Waals surface area (Å²) in [6, 6.07) is 0. The van der Waals surface area contributed by atoms with Crippen molar-refractivity contribution >= 4 is 11.8 Å². The van der Waals surface area contributed by atoms with E-state index >= 15 is 0 Å². The highest BCUT2D eigenvalue weighted by Crippen LogP contribution is 2.47. The number of ether oxygens (including phenoxy) is 1. The summed E-state index contributed by atoms with van der Waals surface area (Å²) in [5.41, 5.74) is 0.996. The van der Waals surface area contributed by atoms with Gasteiger partial charge in [0, 0.05) is 10.8 Å². The van der Waals surface area contributed by atoms with E-state index in [0.717, 1.165) is 18.6 Å². The van der Waals surface area contributed by atoms with E-state index in [4.69, 9.17) is 4.74 Å². The standard InChI is InChI=1S/C16H26OS/c1-6-12-17-16(14(5)18-7-2)11-9-8-10-15(16)13(3)4/h6,15H,1,3,5,7-12H2,2,4H3. The molecule has 0 saturated heterocycles. The van der Waals surface area contributed by atoms with Crippen molar-refractivity contribution < 1.29 is 4.74 Å². The van der Waals surface area contributed by atoms with Gasteiger partial charge in [0.2, 0.25) is 0 Å². The Kier molecular flexibility index (Phi) is 6.24. The van der Waals surface area contributed by atoms with Crippen LogP contribution in [0.15, 0.2) is 36.3 Å². The maximum Gasteiger partial charge on any atom is 0.105 e. The van der Waals surface area contributed by atoms with Crippen LogP contribution < -0.4 is 0 Å². The van der Waals surface area contributed by atoms with Crippen LogP contribution in [0.5, 0.6) is 0 Å². The monoisotopic (exact) mass is 266 g/mol. The first-order chi connectivity index (χ1) is 8.58. The van der Waals surface area contributed by atoms with Crippen molar-refractivity contribution in [3.8, 4) is 0 Å². The molecular weight excluding hydrogens is 240 g/mol. The topological polar surface area (TPSA) is 9.23 Å². The van der Waals surface area contributed by atoms with E-state index in [9.17, 15) is 0 Å². The summed E-state index contributed by atoms with van der Waals surface area (Å²) >= 11 is 1.81. The van der Waals surface area contributed by atoms with E-state index in [-0.39, 0.29) is 5.60 Å². The van der Waals surface area contributed by atoms with Gasteiger partial charge in [-0.2, -0.15) is 0 Å². The summed E-state index contributed by atoms with van der Waals surface area (Å²) in [7, 11) is 0. The number of rotatable bonds is 7. The molecule has 1 aliphatic rings. The Morgan fingerprint density at radius 1 is 1.44 bits per heavy atom. The molecule has 2 heteroatoms. The van der Waals surface area contributed by atoms with Crippen LogP contribution in [0.1, 0.15) is 39.5 Å². The molecule has 2 unspecified atom stereocenters. The molecule has 0 bridgehead atoms. The predicted molar refractivity (Wildman–Crippen MR) is 82.9 cm³/mol. The zero-order valence-electron chi connectivity index (χ0n) is 11.8. The fraction of sp³-hybridized carbons (Fsp3) is 0.625. The summed E-state index contributed by atoms with van der Waals surface area (Å²) in [5.74, 6) is 1.44. The van der Waals surface area contributed by atoms with Crippen molar-refractivity contribution in [2.45, 2.75) is 45.1 Å². The van der Waals surface area contributed by atoms with Gasteiger partial charge in [0.1, 0.15) is 5.60 Å². The molecule has 2 atom stereocenters. The molecule has 0 aromatic carbocycles. The highest BCUT2D eigenvalue weighted by molar-refractivity contribution is 8.03. The summed E-state index contributed by atoms with van der Waals surface area (Å²) in [6.45, 7) is 17.1. The van der Waals surface area contributed by atoms with Gasteiger partial charge in [-0.3, -0.25) is 0 Å². The third kappa shape index (κ3) is 3.30. The van der Waals surface area contributed by atoms with E-state index in [1.807, 2.05) is 17.8 Å². The summed E-state index contributed by atoms with van der Waals surface area (Å²) in [6.07, 6.45) is 6.53. The Morgan fingerprint density at radius 3 is 2.72 bits per heavy atom. The molecule has 102 valence electrons. The molecule has 0 amide bonds. The quantitative estimate of drug-likeness (QED) is 0.602. The largest absolute Gasteiger partial charge is 0.365 e. The molecule has 0 aliphatic heterocycles. The second-order valence-electron chi connectivity index (χ2n) is 4.99. The fourth-order valence-electron chi connectivity index (χ4n) is 2.88. The minimum atomic E-state index is -0.223. The van der Waals surface area contributed by atoms with Crippen LogP contribution in [-0.4, -0.2) is 18.0 Å². The molecule has 0 heterocycles. The van der Waals surface area contributed by atoms with E-state index in [1.54, 1.807) is 0 Å². The second kappa shape index (κ2) is 7.20. The predicted octanol–water partition coefficient (Wildman–Crippen LogP) is 4.96. The lowest BCUT2D eigenvalue weighted by Gasteiger charge is -2.45.